The quantitative estimate of drug-likeness (QED) is 0.376. The van der Waals surface area contributed by atoms with Crippen LogP contribution in [0.2, 0.25) is 0 Å². The molecule has 0 aliphatic carbocycles. The van der Waals surface area contributed by atoms with Crippen molar-refractivity contribution in [2.45, 2.75) is 25.8 Å². The van der Waals surface area contributed by atoms with E-state index in [0.29, 0.717) is 0 Å². The molecule has 0 atom stereocenters. The Balaban J connectivity index is 4.24. The Morgan fingerprint density at radius 2 is 2.08 bits per heavy atom. The first-order chi connectivity index (χ1) is 5.81. The molecule has 3 N–H and O–H groups in total. The smallest absolute Gasteiger partial charge is 0.298 e. The monoisotopic (exact) mass is 195 g/mol. The van der Waals surface area contributed by atoms with E-state index in [1.165, 1.54) is 17.4 Å². The van der Waals surface area contributed by atoms with Crippen LogP contribution in [0, 0.1) is 0 Å². The molecule has 1 amide bonds. The summed E-state index contributed by atoms with van der Waals surface area (Å²) in [5, 5.41) is 0. The highest BCUT2D eigenvalue weighted by Crippen LogP contribution is 2.15. The molecule has 78 valence electrons. The number of carbonyl (C=O) groups is 1. The number of rotatable bonds is 4. The van der Waals surface area contributed by atoms with E-state index in [4.69, 9.17) is 0 Å². The molecule has 6 heteroatoms. The fourth-order valence-corrected chi connectivity index (χ4v) is 0.673. The number of amides is 1. The number of hydrazine groups is 1. The van der Waals surface area contributed by atoms with E-state index < -0.39 is 18.4 Å². The van der Waals surface area contributed by atoms with E-state index in [-0.39, 0.29) is 6.04 Å². The van der Waals surface area contributed by atoms with Gasteiger partial charge in [-0.15, -0.1) is 0 Å². The summed E-state index contributed by atoms with van der Waals surface area (Å²) in [6.07, 6.45) is 0. The number of hydrogen-bond acceptors (Lipinski definition) is 3. The molecule has 0 unspecified atom stereocenters. The molecule has 13 heavy (non-hydrogen) atoms. The Morgan fingerprint density at radius 1 is 1.62 bits per heavy atom. The van der Waals surface area contributed by atoms with Crippen LogP contribution in [0.3, 0.4) is 0 Å². The highest BCUT2D eigenvalue weighted by Gasteiger charge is 2.39. The highest BCUT2D eigenvalue weighted by atomic mass is 19.3. The van der Waals surface area contributed by atoms with Gasteiger partial charge in [0.1, 0.15) is 0 Å². The van der Waals surface area contributed by atoms with Gasteiger partial charge < -0.3 is 0 Å². The number of carbonyl (C=O) groups excluding carboxylic acids is 1. The first-order valence-electron chi connectivity index (χ1n) is 3.90. The molecule has 0 saturated heterocycles. The summed E-state index contributed by atoms with van der Waals surface area (Å²) in [4.78, 5) is 11.9. The lowest BCUT2D eigenvalue weighted by Crippen LogP contribution is -2.50. The zero-order valence-electron chi connectivity index (χ0n) is 7.97. The minimum atomic E-state index is -3.44. The molecule has 0 aromatic carbocycles. The summed E-state index contributed by atoms with van der Waals surface area (Å²) in [6, 6.07) is -0.0450. The molecular formula is C7H15F2N3O. The Morgan fingerprint density at radius 3 is 2.38 bits per heavy atom. The molecule has 0 radical (unpaired) electrons. The second-order valence-electron chi connectivity index (χ2n) is 3.19. The molecule has 0 rings (SSSR count). The molecular weight excluding hydrogens is 180 g/mol. The second kappa shape index (κ2) is 4.48. The van der Waals surface area contributed by atoms with Gasteiger partial charge in [-0.3, -0.25) is 15.1 Å². The van der Waals surface area contributed by atoms with E-state index >= 15 is 0 Å². The first-order valence-corrected chi connectivity index (χ1v) is 3.90. The van der Waals surface area contributed by atoms with E-state index in [9.17, 15) is 13.6 Å². The molecule has 0 aromatic heterocycles. The Kier molecular flexibility index (Phi) is 4.22. The Labute approximate surface area is 76.0 Å². The van der Waals surface area contributed by atoms with Crippen molar-refractivity contribution >= 4 is 5.91 Å². The third-order valence-corrected chi connectivity index (χ3v) is 1.79. The van der Waals surface area contributed by atoms with Gasteiger partial charge in [-0.25, -0.2) is 5.84 Å². The van der Waals surface area contributed by atoms with Crippen LogP contribution < -0.4 is 11.3 Å². The van der Waals surface area contributed by atoms with Crippen LogP contribution in [0.1, 0.15) is 13.8 Å². The van der Waals surface area contributed by atoms with Crippen LogP contribution in [0.25, 0.3) is 0 Å². The van der Waals surface area contributed by atoms with E-state index in [2.05, 4.69) is 5.84 Å². The predicted octanol–water partition coefficient (Wildman–Crippen LogP) is -0.0482. The van der Waals surface area contributed by atoms with E-state index in [1.54, 1.807) is 13.8 Å². The third-order valence-electron chi connectivity index (χ3n) is 1.79. The van der Waals surface area contributed by atoms with Gasteiger partial charge in [0, 0.05) is 6.04 Å². The number of nitrogens with one attached hydrogen (secondary N) is 1. The normalized spacial score (nSPS) is 12.3. The van der Waals surface area contributed by atoms with Gasteiger partial charge in [0.25, 0.3) is 0 Å². The van der Waals surface area contributed by atoms with E-state index in [1.807, 2.05) is 0 Å². The van der Waals surface area contributed by atoms with Gasteiger partial charge in [0.2, 0.25) is 0 Å². The molecule has 0 aromatic rings. The SMILES string of the molecule is CC(C)N(C)CC(F)(F)C(=O)NN. The fraction of sp³-hybridized carbons (Fsp3) is 0.857. The van der Waals surface area contributed by atoms with Crippen LogP contribution >= 0.6 is 0 Å². The van der Waals surface area contributed by atoms with Crippen molar-refractivity contribution < 1.29 is 13.6 Å². The predicted molar refractivity (Wildman–Crippen MR) is 45.0 cm³/mol. The van der Waals surface area contributed by atoms with Gasteiger partial charge >= 0.3 is 11.8 Å². The van der Waals surface area contributed by atoms with Crippen molar-refractivity contribution in [3.05, 3.63) is 0 Å². The molecule has 4 nitrogen and oxygen atoms in total. The van der Waals surface area contributed by atoms with Crippen molar-refractivity contribution in [2.75, 3.05) is 13.6 Å². The lowest BCUT2D eigenvalue weighted by atomic mass is 10.2. The lowest BCUT2D eigenvalue weighted by Gasteiger charge is -2.25. The maximum Gasteiger partial charge on any atom is 0.338 e. The maximum atomic E-state index is 12.9. The van der Waals surface area contributed by atoms with Gasteiger partial charge in [0.15, 0.2) is 0 Å². The van der Waals surface area contributed by atoms with E-state index in [0.717, 1.165) is 0 Å². The zero-order chi connectivity index (χ0) is 10.6. The van der Waals surface area contributed by atoms with Gasteiger partial charge in [-0.05, 0) is 20.9 Å². The van der Waals surface area contributed by atoms with Crippen LogP contribution in [0.15, 0.2) is 0 Å². The Hall–Kier alpha value is -0.750. The maximum absolute atomic E-state index is 12.9. The van der Waals surface area contributed by atoms with Gasteiger partial charge in [0.05, 0.1) is 6.54 Å². The molecule has 0 spiro atoms. The Bertz CT molecular complexity index is 185. The second-order valence-corrected chi connectivity index (χ2v) is 3.19. The largest absolute Gasteiger partial charge is 0.338 e. The van der Waals surface area contributed by atoms with Crippen LogP contribution in [0.5, 0.6) is 0 Å². The molecule has 0 saturated carbocycles. The summed E-state index contributed by atoms with van der Waals surface area (Å²) in [6.45, 7) is 2.89. The number of alkyl halides is 2. The standard InChI is InChI=1S/C7H15F2N3O/c1-5(2)12(3)4-7(8,9)6(13)11-10/h5H,4,10H2,1-3H3,(H,11,13). The number of nitrogens with two attached hydrogens (primary N) is 1. The van der Waals surface area contributed by atoms with Crippen LogP contribution in [-0.2, 0) is 4.79 Å². The van der Waals surface area contributed by atoms with Crippen molar-refractivity contribution in [2.24, 2.45) is 5.84 Å². The molecule has 0 fully saturated rings. The minimum Gasteiger partial charge on any atom is -0.298 e. The number of nitrogens with zero attached hydrogens (tertiary/aromatic N) is 1. The number of halogens is 2. The minimum absolute atomic E-state index is 0.0450. The summed E-state index contributed by atoms with van der Waals surface area (Å²) >= 11 is 0. The van der Waals surface area contributed by atoms with Gasteiger partial charge in [-0.2, -0.15) is 8.78 Å². The third kappa shape index (κ3) is 3.65. The van der Waals surface area contributed by atoms with Crippen LogP contribution in [-0.4, -0.2) is 36.4 Å². The summed E-state index contributed by atoms with van der Waals surface area (Å²) in [7, 11) is 1.52. The highest BCUT2D eigenvalue weighted by molar-refractivity contribution is 5.82. The van der Waals surface area contributed by atoms with Gasteiger partial charge in [-0.1, -0.05) is 0 Å². The van der Waals surface area contributed by atoms with Crippen molar-refractivity contribution in [1.82, 2.24) is 10.3 Å². The lowest BCUT2D eigenvalue weighted by molar-refractivity contribution is -0.148. The molecule has 0 heterocycles. The number of hydrogen-bond donors (Lipinski definition) is 2. The molecule has 0 aliphatic heterocycles. The fourth-order valence-electron chi connectivity index (χ4n) is 0.673. The van der Waals surface area contributed by atoms with Crippen LogP contribution in [0.4, 0.5) is 8.78 Å². The van der Waals surface area contributed by atoms with Crippen molar-refractivity contribution in [1.29, 1.82) is 0 Å². The average Bonchev–Trinajstić information content (AvgIpc) is 2.01. The molecule has 0 aliphatic rings. The summed E-state index contributed by atoms with van der Waals surface area (Å²) in [5.74, 6) is -0.283. The summed E-state index contributed by atoms with van der Waals surface area (Å²) in [5.41, 5.74) is 1.43. The molecule has 0 bridgehead atoms. The average molecular weight is 195 g/mol. The summed E-state index contributed by atoms with van der Waals surface area (Å²) < 4.78 is 25.8. The van der Waals surface area contributed by atoms with Crippen molar-refractivity contribution in [3.8, 4) is 0 Å². The first kappa shape index (κ1) is 12.2. The topological polar surface area (TPSA) is 58.4 Å². The zero-order valence-corrected chi connectivity index (χ0v) is 7.97. The van der Waals surface area contributed by atoms with Crippen molar-refractivity contribution in [3.63, 3.8) is 0 Å².